The standard InChI is InChI=1S/C8H18O2Si/c1-7-8(2,3)11(6,9-4)10-5/h7H,1H2,2-6H3. The minimum atomic E-state index is -2.04. The number of rotatable bonds is 4. The quantitative estimate of drug-likeness (QED) is 0.481. The van der Waals surface area contributed by atoms with E-state index < -0.39 is 8.56 Å². The maximum absolute atomic E-state index is 5.39. The van der Waals surface area contributed by atoms with Crippen LogP contribution in [0.1, 0.15) is 13.8 Å². The van der Waals surface area contributed by atoms with Gasteiger partial charge in [0.05, 0.1) is 0 Å². The highest BCUT2D eigenvalue weighted by Crippen LogP contribution is 2.38. The average molecular weight is 174 g/mol. The molecule has 0 bridgehead atoms. The molecule has 0 radical (unpaired) electrons. The molecule has 0 N–H and O–H groups in total. The van der Waals surface area contributed by atoms with Crippen LogP contribution in [-0.2, 0) is 8.85 Å². The van der Waals surface area contributed by atoms with Gasteiger partial charge in [-0.25, -0.2) is 0 Å². The summed E-state index contributed by atoms with van der Waals surface area (Å²) >= 11 is 0. The molecule has 0 spiro atoms. The van der Waals surface area contributed by atoms with Crippen LogP contribution in [-0.4, -0.2) is 22.8 Å². The van der Waals surface area contributed by atoms with Gasteiger partial charge < -0.3 is 8.85 Å². The third-order valence-corrected chi connectivity index (χ3v) is 6.56. The second-order valence-corrected chi connectivity index (χ2v) is 7.28. The fourth-order valence-corrected chi connectivity index (χ4v) is 2.38. The van der Waals surface area contributed by atoms with E-state index >= 15 is 0 Å². The van der Waals surface area contributed by atoms with E-state index in [9.17, 15) is 0 Å². The molecule has 0 heterocycles. The summed E-state index contributed by atoms with van der Waals surface area (Å²) in [5, 5.41) is -0.0451. The topological polar surface area (TPSA) is 18.5 Å². The minimum absolute atomic E-state index is 0.0451. The summed E-state index contributed by atoms with van der Waals surface area (Å²) in [7, 11) is 1.35. The van der Waals surface area contributed by atoms with Crippen LogP contribution < -0.4 is 0 Å². The second kappa shape index (κ2) is 3.52. The summed E-state index contributed by atoms with van der Waals surface area (Å²) < 4.78 is 10.8. The Bertz CT molecular complexity index is 139. The van der Waals surface area contributed by atoms with Gasteiger partial charge in [0.25, 0.3) is 0 Å². The summed E-state index contributed by atoms with van der Waals surface area (Å²) in [5.41, 5.74) is 0. The van der Waals surface area contributed by atoms with Crippen LogP contribution in [0, 0.1) is 0 Å². The van der Waals surface area contributed by atoms with Gasteiger partial charge in [0, 0.05) is 19.3 Å². The van der Waals surface area contributed by atoms with E-state index in [1.54, 1.807) is 14.2 Å². The molecule has 0 aliphatic carbocycles. The molecule has 0 amide bonds. The third-order valence-electron chi connectivity index (χ3n) is 2.46. The van der Waals surface area contributed by atoms with E-state index in [2.05, 4.69) is 20.4 Å². The van der Waals surface area contributed by atoms with Gasteiger partial charge in [-0.15, -0.1) is 6.58 Å². The van der Waals surface area contributed by atoms with Gasteiger partial charge in [0.1, 0.15) is 0 Å². The first-order valence-electron chi connectivity index (χ1n) is 3.67. The van der Waals surface area contributed by atoms with E-state index in [4.69, 9.17) is 8.85 Å². The molecule has 0 atom stereocenters. The highest BCUT2D eigenvalue weighted by molar-refractivity contribution is 6.69. The first kappa shape index (κ1) is 10.9. The third kappa shape index (κ3) is 1.92. The van der Waals surface area contributed by atoms with Gasteiger partial charge in [-0.2, -0.15) is 0 Å². The predicted molar refractivity (Wildman–Crippen MR) is 49.9 cm³/mol. The monoisotopic (exact) mass is 174 g/mol. The molecule has 0 aliphatic rings. The van der Waals surface area contributed by atoms with E-state index in [0.717, 1.165) is 0 Å². The number of hydrogen-bond donors (Lipinski definition) is 0. The van der Waals surface area contributed by atoms with Crippen molar-refractivity contribution >= 4 is 8.56 Å². The molecule has 0 unspecified atom stereocenters. The molecular formula is C8H18O2Si. The molecule has 0 fully saturated rings. The zero-order valence-electron chi connectivity index (χ0n) is 8.10. The lowest BCUT2D eigenvalue weighted by Crippen LogP contribution is -2.45. The zero-order valence-corrected chi connectivity index (χ0v) is 9.10. The molecular weight excluding hydrogens is 156 g/mol. The van der Waals surface area contributed by atoms with Crippen LogP contribution >= 0.6 is 0 Å². The van der Waals surface area contributed by atoms with Gasteiger partial charge >= 0.3 is 8.56 Å². The summed E-state index contributed by atoms with van der Waals surface area (Å²) in [6.07, 6.45) is 1.90. The summed E-state index contributed by atoms with van der Waals surface area (Å²) in [6, 6.07) is 0. The minimum Gasteiger partial charge on any atom is -0.397 e. The Morgan fingerprint density at radius 2 is 1.64 bits per heavy atom. The predicted octanol–water partition coefficient (Wildman–Crippen LogP) is 2.32. The molecule has 0 aromatic carbocycles. The van der Waals surface area contributed by atoms with Crippen LogP contribution in [0.15, 0.2) is 12.7 Å². The van der Waals surface area contributed by atoms with Gasteiger partial charge in [0.2, 0.25) is 0 Å². The Labute approximate surface area is 70.5 Å². The van der Waals surface area contributed by atoms with Crippen molar-refractivity contribution in [2.24, 2.45) is 0 Å². The largest absolute Gasteiger partial charge is 0.397 e. The van der Waals surface area contributed by atoms with E-state index in [1.807, 2.05) is 12.6 Å². The maximum Gasteiger partial charge on any atom is 0.344 e. The fourth-order valence-electron chi connectivity index (χ4n) is 0.795. The number of allylic oxidation sites excluding steroid dienone is 1. The highest BCUT2D eigenvalue weighted by atomic mass is 28.4. The molecule has 0 saturated heterocycles. The lowest BCUT2D eigenvalue weighted by Gasteiger charge is -2.36. The molecule has 2 nitrogen and oxygen atoms in total. The second-order valence-electron chi connectivity index (χ2n) is 3.28. The van der Waals surface area contributed by atoms with Crippen molar-refractivity contribution in [3.63, 3.8) is 0 Å². The molecule has 3 heteroatoms. The molecule has 0 saturated carbocycles. The Kier molecular flexibility index (Phi) is 3.48. The molecule has 11 heavy (non-hydrogen) atoms. The SMILES string of the molecule is C=CC(C)(C)[Si](C)(OC)OC. The van der Waals surface area contributed by atoms with E-state index in [1.165, 1.54) is 0 Å². The first-order valence-corrected chi connectivity index (χ1v) is 5.99. The van der Waals surface area contributed by atoms with E-state index in [0.29, 0.717) is 0 Å². The Morgan fingerprint density at radius 1 is 1.27 bits per heavy atom. The summed E-state index contributed by atoms with van der Waals surface area (Å²) in [4.78, 5) is 0. The van der Waals surface area contributed by atoms with Crippen LogP contribution in [0.5, 0.6) is 0 Å². The van der Waals surface area contributed by atoms with Gasteiger partial charge in [-0.1, -0.05) is 19.9 Å². The highest BCUT2D eigenvalue weighted by Gasteiger charge is 2.44. The van der Waals surface area contributed by atoms with Gasteiger partial charge in [0.15, 0.2) is 0 Å². The molecule has 0 aromatic heterocycles. The number of hydrogen-bond acceptors (Lipinski definition) is 2. The van der Waals surface area contributed by atoms with Gasteiger partial charge in [-0.3, -0.25) is 0 Å². The van der Waals surface area contributed by atoms with E-state index in [-0.39, 0.29) is 5.04 Å². The average Bonchev–Trinajstić information content (AvgIpc) is 2.02. The molecule has 0 rings (SSSR count). The molecule has 0 aromatic rings. The van der Waals surface area contributed by atoms with Crippen LogP contribution in [0.2, 0.25) is 11.6 Å². The Morgan fingerprint density at radius 3 is 1.73 bits per heavy atom. The normalized spacial score (nSPS) is 13.2. The van der Waals surface area contributed by atoms with Crippen molar-refractivity contribution < 1.29 is 8.85 Å². The van der Waals surface area contributed by atoms with Crippen molar-refractivity contribution in [2.75, 3.05) is 14.2 Å². The summed E-state index contributed by atoms with van der Waals surface area (Å²) in [6.45, 7) is 9.97. The van der Waals surface area contributed by atoms with Crippen LogP contribution in [0.25, 0.3) is 0 Å². The molecule has 66 valence electrons. The lowest BCUT2D eigenvalue weighted by atomic mass is 10.2. The molecule has 0 aliphatic heterocycles. The van der Waals surface area contributed by atoms with Crippen LogP contribution in [0.3, 0.4) is 0 Å². The fraction of sp³-hybridized carbons (Fsp3) is 0.750. The van der Waals surface area contributed by atoms with Crippen molar-refractivity contribution in [2.45, 2.75) is 25.4 Å². The summed E-state index contributed by atoms with van der Waals surface area (Å²) in [5.74, 6) is 0. The van der Waals surface area contributed by atoms with Crippen molar-refractivity contribution in [3.8, 4) is 0 Å². The van der Waals surface area contributed by atoms with Crippen molar-refractivity contribution in [1.82, 2.24) is 0 Å². The zero-order chi connectivity index (χ0) is 9.12. The Balaban J connectivity index is 4.60. The van der Waals surface area contributed by atoms with Crippen molar-refractivity contribution in [1.29, 1.82) is 0 Å². The van der Waals surface area contributed by atoms with Crippen molar-refractivity contribution in [3.05, 3.63) is 12.7 Å². The van der Waals surface area contributed by atoms with Crippen LogP contribution in [0.4, 0.5) is 0 Å². The van der Waals surface area contributed by atoms with Gasteiger partial charge in [-0.05, 0) is 6.55 Å². The smallest absolute Gasteiger partial charge is 0.344 e. The Hall–Kier alpha value is -0.123. The maximum atomic E-state index is 5.39. The lowest BCUT2D eigenvalue weighted by molar-refractivity contribution is 0.228. The first-order chi connectivity index (χ1) is 4.93.